The lowest BCUT2D eigenvalue weighted by Gasteiger charge is -2.44. The zero-order chi connectivity index (χ0) is 28.0. The number of hydrogen-bond donors (Lipinski definition) is 2. The molecule has 0 aliphatic carbocycles. The third-order valence-corrected chi connectivity index (χ3v) is 7.35. The first-order valence-corrected chi connectivity index (χ1v) is 13.4. The zero-order valence-corrected chi connectivity index (χ0v) is 22.8. The number of cyclic esters (lactones) is 1. The molecule has 39 heavy (non-hydrogen) atoms. The largest absolute Gasteiger partial charge is 0.512 e. The van der Waals surface area contributed by atoms with Crippen LogP contribution in [0.25, 0.3) is 0 Å². The van der Waals surface area contributed by atoms with Gasteiger partial charge in [0.15, 0.2) is 0 Å². The number of anilines is 1. The smallest absolute Gasteiger partial charge is 0.412 e. The molecule has 0 spiro atoms. The zero-order valence-electron chi connectivity index (χ0n) is 22.8. The van der Waals surface area contributed by atoms with Crippen LogP contribution in [-0.2, 0) is 22.4 Å². The Hall–Kier alpha value is -4.06. The fourth-order valence-corrected chi connectivity index (χ4v) is 5.42. The van der Waals surface area contributed by atoms with Crippen molar-refractivity contribution in [1.29, 1.82) is 0 Å². The van der Waals surface area contributed by atoms with Gasteiger partial charge in [0.1, 0.15) is 11.4 Å². The van der Waals surface area contributed by atoms with Gasteiger partial charge in [-0.1, -0.05) is 99.6 Å². The summed E-state index contributed by atoms with van der Waals surface area (Å²) in [6.45, 7) is 5.57. The summed E-state index contributed by atoms with van der Waals surface area (Å²) in [5.41, 5.74) is 1.03. The van der Waals surface area contributed by atoms with Gasteiger partial charge in [-0.15, -0.1) is 0 Å². The number of para-hydroxylation sites is 1. The van der Waals surface area contributed by atoms with Gasteiger partial charge >= 0.3 is 12.1 Å². The Kier molecular flexibility index (Phi) is 8.44. The number of carbonyl (C=O) groups is 2. The summed E-state index contributed by atoms with van der Waals surface area (Å²) in [5.74, 6) is -0.767. The number of aliphatic hydroxyl groups excluding tert-OH is 1. The van der Waals surface area contributed by atoms with E-state index >= 15 is 0 Å². The molecule has 6 nitrogen and oxygen atoms in total. The van der Waals surface area contributed by atoms with E-state index < -0.39 is 29.1 Å². The molecule has 6 heteroatoms. The molecule has 0 fully saturated rings. The monoisotopic (exact) mass is 527 g/mol. The Morgan fingerprint density at radius 2 is 1.33 bits per heavy atom. The summed E-state index contributed by atoms with van der Waals surface area (Å²) in [5, 5.41) is 21.8. The van der Waals surface area contributed by atoms with E-state index in [0.29, 0.717) is 31.4 Å². The second kappa shape index (κ2) is 11.8. The molecule has 0 saturated carbocycles. The van der Waals surface area contributed by atoms with Crippen molar-refractivity contribution in [1.82, 2.24) is 0 Å². The lowest BCUT2D eigenvalue weighted by molar-refractivity contribution is -0.161. The number of carbonyl (C=O) groups excluding carboxylic acids is 1. The number of hydrogen-bond acceptors (Lipinski definition) is 4. The molecule has 1 unspecified atom stereocenters. The van der Waals surface area contributed by atoms with Crippen LogP contribution in [0.15, 0.2) is 102 Å². The van der Waals surface area contributed by atoms with Crippen LogP contribution < -0.4 is 4.90 Å². The Morgan fingerprint density at radius 3 is 1.74 bits per heavy atom. The number of ether oxygens (including phenoxy) is 1. The van der Waals surface area contributed by atoms with Gasteiger partial charge in [0.2, 0.25) is 0 Å². The van der Waals surface area contributed by atoms with E-state index in [1.165, 1.54) is 0 Å². The highest BCUT2D eigenvalue weighted by Crippen LogP contribution is 2.42. The molecule has 1 aliphatic heterocycles. The van der Waals surface area contributed by atoms with Crippen LogP contribution in [0, 0.1) is 5.41 Å². The molecule has 2 N–H and O–H groups in total. The molecule has 0 radical (unpaired) electrons. The molecule has 3 aromatic rings. The first-order valence-electron chi connectivity index (χ1n) is 13.4. The summed E-state index contributed by atoms with van der Waals surface area (Å²) in [4.78, 5) is 27.5. The third kappa shape index (κ3) is 6.69. The van der Waals surface area contributed by atoms with Crippen LogP contribution in [0.4, 0.5) is 10.5 Å². The Labute approximate surface area is 230 Å². The minimum atomic E-state index is -1.21. The number of rotatable bonds is 9. The van der Waals surface area contributed by atoms with Gasteiger partial charge in [0.05, 0.1) is 11.6 Å². The molecular formula is C33H37NO5. The molecule has 0 aromatic heterocycles. The van der Waals surface area contributed by atoms with Gasteiger partial charge in [-0.2, -0.15) is 0 Å². The molecule has 204 valence electrons. The molecule has 1 atom stereocenters. The summed E-state index contributed by atoms with van der Waals surface area (Å²) >= 11 is 0. The molecule has 4 rings (SSSR count). The van der Waals surface area contributed by atoms with E-state index in [-0.39, 0.29) is 17.8 Å². The van der Waals surface area contributed by atoms with Gasteiger partial charge in [-0.25, -0.2) is 9.59 Å². The maximum absolute atomic E-state index is 13.8. The normalized spacial score (nSPS) is 15.9. The fraction of sp³-hybridized carbons (Fsp3) is 0.333. The summed E-state index contributed by atoms with van der Waals surface area (Å²) in [7, 11) is 0. The van der Waals surface area contributed by atoms with Crippen molar-refractivity contribution in [2.75, 3.05) is 4.90 Å². The lowest BCUT2D eigenvalue weighted by atomic mass is 9.76. The van der Waals surface area contributed by atoms with Crippen molar-refractivity contribution < 1.29 is 24.5 Å². The van der Waals surface area contributed by atoms with E-state index in [9.17, 15) is 19.8 Å². The highest BCUT2D eigenvalue weighted by atomic mass is 16.6. The molecule has 1 heterocycles. The molecule has 0 saturated heterocycles. The topological polar surface area (TPSA) is 87.1 Å². The van der Waals surface area contributed by atoms with Gasteiger partial charge in [0.25, 0.3) is 0 Å². The number of benzene rings is 3. The first-order chi connectivity index (χ1) is 18.6. The van der Waals surface area contributed by atoms with Crippen LogP contribution in [0.2, 0.25) is 0 Å². The van der Waals surface area contributed by atoms with E-state index in [2.05, 4.69) is 0 Å². The maximum atomic E-state index is 13.8. The van der Waals surface area contributed by atoms with Crippen molar-refractivity contribution in [2.45, 2.75) is 64.5 Å². The van der Waals surface area contributed by atoms with E-state index in [1.54, 1.807) is 30.3 Å². The van der Waals surface area contributed by atoms with E-state index in [4.69, 9.17) is 4.74 Å². The summed E-state index contributed by atoms with van der Waals surface area (Å²) < 4.78 is 6.27. The average molecular weight is 528 g/mol. The number of carboxylic acid groups (broad SMARTS) is 1. The van der Waals surface area contributed by atoms with Crippen LogP contribution in [0.5, 0.6) is 0 Å². The molecule has 1 amide bonds. The van der Waals surface area contributed by atoms with E-state index in [0.717, 1.165) is 16.0 Å². The van der Waals surface area contributed by atoms with Crippen molar-refractivity contribution in [3.8, 4) is 0 Å². The van der Waals surface area contributed by atoms with Crippen molar-refractivity contribution in [3.63, 3.8) is 0 Å². The van der Waals surface area contributed by atoms with Gasteiger partial charge in [-0.3, -0.25) is 4.90 Å². The van der Waals surface area contributed by atoms with Crippen LogP contribution in [0.1, 0.15) is 51.2 Å². The van der Waals surface area contributed by atoms with Crippen molar-refractivity contribution in [3.05, 3.63) is 113 Å². The van der Waals surface area contributed by atoms with Gasteiger partial charge in [-0.05, 0) is 54.4 Å². The minimum absolute atomic E-state index is 0.00352. The lowest BCUT2D eigenvalue weighted by Crippen LogP contribution is -2.53. The highest BCUT2D eigenvalue weighted by molar-refractivity contribution is 5.97. The second-order valence-corrected chi connectivity index (χ2v) is 11.3. The van der Waals surface area contributed by atoms with Crippen molar-refractivity contribution in [2.24, 2.45) is 5.41 Å². The Morgan fingerprint density at radius 1 is 0.872 bits per heavy atom. The molecule has 3 aromatic carbocycles. The number of nitrogens with zero attached hydrogens (tertiary/aromatic N) is 1. The third-order valence-electron chi connectivity index (χ3n) is 7.35. The fourth-order valence-electron chi connectivity index (χ4n) is 5.42. The minimum Gasteiger partial charge on any atom is -0.512 e. The van der Waals surface area contributed by atoms with Crippen LogP contribution in [0.3, 0.4) is 0 Å². The van der Waals surface area contributed by atoms with Gasteiger partial charge < -0.3 is 14.9 Å². The predicted octanol–water partition coefficient (Wildman–Crippen LogP) is 7.35. The molecule has 0 bridgehead atoms. The Bertz CT molecular complexity index is 1250. The number of amides is 1. The SMILES string of the molecule is CC(C)(C)C(C1=C(O)CC(CCc2ccccc2)(CCc2ccccc2)OC1=O)N(C(=O)O)c1ccccc1. The average Bonchev–Trinajstić information content (AvgIpc) is 2.91. The maximum Gasteiger partial charge on any atom is 0.412 e. The number of aliphatic hydroxyl groups is 1. The molecule has 1 aliphatic rings. The summed E-state index contributed by atoms with van der Waals surface area (Å²) in [6, 6.07) is 27.7. The highest BCUT2D eigenvalue weighted by Gasteiger charge is 2.48. The molecular weight excluding hydrogens is 490 g/mol. The predicted molar refractivity (Wildman–Crippen MR) is 153 cm³/mol. The standard InChI is InChI=1S/C33H37NO5/c1-32(2,3)29(34(31(37)38)26-17-11-6-12-18-26)28-27(35)23-33(39-30(28)36,21-19-24-13-7-4-8-14-24)22-20-25-15-9-5-10-16-25/h4-18,29,35H,19-23H2,1-3H3,(H,37,38). The Balaban J connectivity index is 1.72. The van der Waals surface area contributed by atoms with E-state index in [1.807, 2.05) is 81.4 Å². The number of esters is 1. The van der Waals surface area contributed by atoms with Crippen LogP contribution in [-0.4, -0.2) is 33.9 Å². The quantitative estimate of drug-likeness (QED) is 0.284. The second-order valence-electron chi connectivity index (χ2n) is 11.3. The first kappa shape index (κ1) is 28.0. The number of aryl methyl sites for hydroxylation is 2. The van der Waals surface area contributed by atoms with Crippen molar-refractivity contribution >= 4 is 17.7 Å². The summed E-state index contributed by atoms with van der Waals surface area (Å²) in [6.07, 6.45) is 1.35. The van der Waals surface area contributed by atoms with Crippen LogP contribution >= 0.6 is 0 Å². The van der Waals surface area contributed by atoms with Gasteiger partial charge in [0, 0.05) is 12.1 Å².